The quantitative estimate of drug-likeness (QED) is 0.762. The summed E-state index contributed by atoms with van der Waals surface area (Å²) < 4.78 is 0. The molecule has 1 rings (SSSR count). The Balaban J connectivity index is 2.50. The molecule has 1 aliphatic rings. The molecule has 2 amide bonds. The average Bonchev–Trinajstić information content (AvgIpc) is 2.26. The highest BCUT2D eigenvalue weighted by Gasteiger charge is 2.22. The van der Waals surface area contributed by atoms with Crippen molar-refractivity contribution in [3.8, 4) is 0 Å². The molecule has 1 aliphatic heterocycles. The van der Waals surface area contributed by atoms with Crippen LogP contribution in [0.25, 0.3) is 0 Å². The Morgan fingerprint density at radius 3 is 2.33 bits per heavy atom. The summed E-state index contributed by atoms with van der Waals surface area (Å²) in [4.78, 5) is 25.5. The summed E-state index contributed by atoms with van der Waals surface area (Å²) in [5, 5.41) is 8.65. The zero-order valence-electron chi connectivity index (χ0n) is 9.11. The second kappa shape index (κ2) is 5.58. The van der Waals surface area contributed by atoms with Crippen molar-refractivity contribution < 1.29 is 14.7 Å². The number of rotatable bonds is 3. The van der Waals surface area contributed by atoms with Gasteiger partial charge in [-0.1, -0.05) is 0 Å². The highest BCUT2D eigenvalue weighted by atomic mass is 16.4. The topological polar surface area (TPSA) is 60.9 Å². The number of likely N-dealkylation sites (tertiary alicyclic amines) is 1. The lowest BCUT2D eigenvalue weighted by Crippen LogP contribution is -2.47. The van der Waals surface area contributed by atoms with E-state index in [0.717, 1.165) is 32.4 Å². The van der Waals surface area contributed by atoms with Crippen molar-refractivity contribution in [3.63, 3.8) is 0 Å². The molecule has 0 spiro atoms. The lowest BCUT2D eigenvalue weighted by atomic mass is 10.1. The Labute approximate surface area is 89.7 Å². The first-order valence-electron chi connectivity index (χ1n) is 5.40. The molecule has 86 valence electrons. The molecule has 0 aromatic rings. The largest absolute Gasteiger partial charge is 0.480 e. The van der Waals surface area contributed by atoms with Gasteiger partial charge in [0.25, 0.3) is 0 Å². The van der Waals surface area contributed by atoms with Gasteiger partial charge < -0.3 is 14.9 Å². The minimum Gasteiger partial charge on any atom is -0.480 e. The van der Waals surface area contributed by atoms with E-state index in [1.807, 2.05) is 0 Å². The van der Waals surface area contributed by atoms with Gasteiger partial charge >= 0.3 is 12.0 Å². The van der Waals surface area contributed by atoms with Crippen LogP contribution in [-0.4, -0.2) is 53.1 Å². The van der Waals surface area contributed by atoms with Gasteiger partial charge in [-0.3, -0.25) is 4.79 Å². The summed E-state index contributed by atoms with van der Waals surface area (Å²) >= 11 is 0. The molecule has 0 saturated carbocycles. The molecular formula is C10H18N2O3. The number of nitrogens with zero attached hydrogens (tertiary/aromatic N) is 2. The number of piperidine rings is 1. The van der Waals surface area contributed by atoms with Crippen molar-refractivity contribution in [2.45, 2.75) is 26.2 Å². The van der Waals surface area contributed by atoms with Crippen LogP contribution < -0.4 is 0 Å². The average molecular weight is 214 g/mol. The first kappa shape index (κ1) is 11.8. The fourth-order valence-corrected chi connectivity index (χ4v) is 1.76. The number of carboxylic acid groups (broad SMARTS) is 1. The Kier molecular flexibility index (Phi) is 4.39. The maximum absolute atomic E-state index is 11.9. The highest BCUT2D eigenvalue weighted by Crippen LogP contribution is 2.10. The lowest BCUT2D eigenvalue weighted by molar-refractivity contribution is -0.137. The first-order valence-corrected chi connectivity index (χ1v) is 5.40. The van der Waals surface area contributed by atoms with Crippen molar-refractivity contribution in [3.05, 3.63) is 0 Å². The maximum atomic E-state index is 11.9. The SMILES string of the molecule is CCN(CC(=O)O)C(=O)N1CCCCC1. The van der Waals surface area contributed by atoms with Crippen LogP contribution in [0.3, 0.4) is 0 Å². The van der Waals surface area contributed by atoms with Crippen LogP contribution in [0.5, 0.6) is 0 Å². The third-order valence-corrected chi connectivity index (χ3v) is 2.60. The van der Waals surface area contributed by atoms with E-state index in [9.17, 15) is 9.59 Å². The van der Waals surface area contributed by atoms with Gasteiger partial charge in [-0.2, -0.15) is 0 Å². The van der Waals surface area contributed by atoms with E-state index in [1.54, 1.807) is 11.8 Å². The second-order valence-corrected chi connectivity index (χ2v) is 3.74. The van der Waals surface area contributed by atoms with Gasteiger partial charge in [0.1, 0.15) is 6.54 Å². The smallest absolute Gasteiger partial charge is 0.323 e. The number of amides is 2. The standard InChI is InChI=1S/C10H18N2O3/c1-2-11(8-9(13)14)10(15)12-6-4-3-5-7-12/h2-8H2,1H3,(H,13,14). The van der Waals surface area contributed by atoms with Gasteiger partial charge in [0.05, 0.1) is 0 Å². The number of aliphatic carboxylic acids is 1. The highest BCUT2D eigenvalue weighted by molar-refractivity contribution is 5.80. The predicted octanol–water partition coefficient (Wildman–Crippen LogP) is 0.999. The molecule has 0 aromatic carbocycles. The molecule has 1 saturated heterocycles. The molecule has 1 heterocycles. The molecule has 1 N–H and O–H groups in total. The van der Waals surface area contributed by atoms with Gasteiger partial charge in [0.2, 0.25) is 0 Å². The molecule has 0 bridgehead atoms. The number of carbonyl (C=O) groups excluding carboxylic acids is 1. The van der Waals surface area contributed by atoms with E-state index < -0.39 is 5.97 Å². The molecular weight excluding hydrogens is 196 g/mol. The van der Waals surface area contributed by atoms with E-state index in [2.05, 4.69) is 0 Å². The third-order valence-electron chi connectivity index (χ3n) is 2.60. The van der Waals surface area contributed by atoms with E-state index in [4.69, 9.17) is 5.11 Å². The van der Waals surface area contributed by atoms with Crippen LogP contribution in [0, 0.1) is 0 Å². The number of hydrogen-bond donors (Lipinski definition) is 1. The van der Waals surface area contributed by atoms with E-state index >= 15 is 0 Å². The van der Waals surface area contributed by atoms with Crippen LogP contribution >= 0.6 is 0 Å². The lowest BCUT2D eigenvalue weighted by Gasteiger charge is -2.31. The molecule has 5 nitrogen and oxygen atoms in total. The molecule has 1 fully saturated rings. The van der Waals surface area contributed by atoms with E-state index in [0.29, 0.717) is 6.54 Å². The molecule has 0 aliphatic carbocycles. The maximum Gasteiger partial charge on any atom is 0.323 e. The first-order chi connectivity index (χ1) is 7.15. The number of likely N-dealkylation sites (N-methyl/N-ethyl adjacent to an activating group) is 1. The Morgan fingerprint density at radius 1 is 1.27 bits per heavy atom. The summed E-state index contributed by atoms with van der Waals surface area (Å²) in [5.74, 6) is -0.956. The number of carbonyl (C=O) groups is 2. The zero-order chi connectivity index (χ0) is 11.3. The summed E-state index contributed by atoms with van der Waals surface area (Å²) in [6.45, 7) is 3.56. The third kappa shape index (κ3) is 3.42. The van der Waals surface area contributed by atoms with Crippen LogP contribution in [0.1, 0.15) is 26.2 Å². The number of urea groups is 1. The van der Waals surface area contributed by atoms with Crippen molar-refractivity contribution in [1.29, 1.82) is 0 Å². The predicted molar refractivity (Wildman–Crippen MR) is 55.7 cm³/mol. The Hall–Kier alpha value is -1.26. The van der Waals surface area contributed by atoms with E-state index in [-0.39, 0.29) is 12.6 Å². The van der Waals surface area contributed by atoms with Crippen LogP contribution in [0.2, 0.25) is 0 Å². The van der Waals surface area contributed by atoms with Crippen LogP contribution in [-0.2, 0) is 4.79 Å². The van der Waals surface area contributed by atoms with E-state index in [1.165, 1.54) is 4.90 Å². The molecule has 0 atom stereocenters. The van der Waals surface area contributed by atoms with Crippen LogP contribution in [0.15, 0.2) is 0 Å². The zero-order valence-corrected chi connectivity index (χ0v) is 9.11. The van der Waals surface area contributed by atoms with Crippen molar-refractivity contribution in [2.75, 3.05) is 26.2 Å². The Bertz CT molecular complexity index is 237. The van der Waals surface area contributed by atoms with Crippen molar-refractivity contribution in [2.24, 2.45) is 0 Å². The summed E-state index contributed by atoms with van der Waals surface area (Å²) in [6.07, 6.45) is 3.21. The summed E-state index contributed by atoms with van der Waals surface area (Å²) in [7, 11) is 0. The van der Waals surface area contributed by atoms with Crippen molar-refractivity contribution in [1.82, 2.24) is 9.80 Å². The summed E-state index contributed by atoms with van der Waals surface area (Å²) in [6, 6.07) is -0.139. The van der Waals surface area contributed by atoms with Crippen molar-refractivity contribution >= 4 is 12.0 Å². The number of carboxylic acids is 1. The van der Waals surface area contributed by atoms with Gasteiger partial charge in [-0.25, -0.2) is 4.79 Å². The van der Waals surface area contributed by atoms with Gasteiger partial charge in [-0.05, 0) is 26.2 Å². The van der Waals surface area contributed by atoms with Gasteiger partial charge in [0, 0.05) is 19.6 Å². The normalized spacial score (nSPS) is 16.2. The molecule has 0 unspecified atom stereocenters. The minimum atomic E-state index is -0.956. The Morgan fingerprint density at radius 2 is 1.87 bits per heavy atom. The summed E-state index contributed by atoms with van der Waals surface area (Å²) in [5.41, 5.74) is 0. The monoisotopic (exact) mass is 214 g/mol. The molecule has 0 radical (unpaired) electrons. The fraction of sp³-hybridized carbons (Fsp3) is 0.800. The van der Waals surface area contributed by atoms with Gasteiger partial charge in [-0.15, -0.1) is 0 Å². The number of hydrogen-bond acceptors (Lipinski definition) is 2. The molecule has 5 heteroatoms. The second-order valence-electron chi connectivity index (χ2n) is 3.74. The fourth-order valence-electron chi connectivity index (χ4n) is 1.76. The molecule has 15 heavy (non-hydrogen) atoms. The minimum absolute atomic E-state index is 0.139. The van der Waals surface area contributed by atoms with Gasteiger partial charge in [0.15, 0.2) is 0 Å². The molecule has 0 aromatic heterocycles. The van der Waals surface area contributed by atoms with Crippen LogP contribution in [0.4, 0.5) is 4.79 Å².